The fourth-order valence-corrected chi connectivity index (χ4v) is 4.24. The minimum Gasteiger partial charge on any atom is -0.283 e. The lowest BCUT2D eigenvalue weighted by Gasteiger charge is -2.27. The number of benzene rings is 2. The summed E-state index contributed by atoms with van der Waals surface area (Å²) in [5.74, 6) is -0.315. The molecule has 0 bridgehead atoms. The highest BCUT2D eigenvalue weighted by atomic mass is 35.5. The summed E-state index contributed by atoms with van der Waals surface area (Å²) in [5.41, 5.74) is 6.31. The van der Waals surface area contributed by atoms with Crippen molar-refractivity contribution in [1.82, 2.24) is 40.6 Å². The Bertz CT molecular complexity index is 1300. The summed E-state index contributed by atoms with van der Waals surface area (Å²) < 4.78 is 0. The maximum atomic E-state index is 13.5. The van der Waals surface area contributed by atoms with E-state index in [1.807, 2.05) is 29.3 Å². The number of aromatic nitrogens is 6. The summed E-state index contributed by atoms with van der Waals surface area (Å²) in [4.78, 5) is 24.7. The van der Waals surface area contributed by atoms with Crippen LogP contribution < -0.4 is 5.43 Å². The van der Waals surface area contributed by atoms with Crippen molar-refractivity contribution in [1.29, 1.82) is 0 Å². The Morgan fingerprint density at radius 2 is 1.49 bits per heavy atom. The van der Waals surface area contributed by atoms with Gasteiger partial charge in [0, 0.05) is 34.3 Å². The van der Waals surface area contributed by atoms with Crippen LogP contribution in [0.3, 0.4) is 0 Å². The van der Waals surface area contributed by atoms with E-state index in [1.165, 1.54) is 11.1 Å². The molecule has 3 heterocycles. The zero-order valence-electron chi connectivity index (χ0n) is 18.7. The highest BCUT2D eigenvalue weighted by Crippen LogP contribution is 2.29. The van der Waals surface area contributed by atoms with E-state index in [-0.39, 0.29) is 18.1 Å². The molecule has 1 amide bonds. The van der Waals surface area contributed by atoms with Crippen LogP contribution in [0.15, 0.2) is 54.9 Å². The minimum atomic E-state index is -0.315. The molecule has 1 aliphatic heterocycles. The van der Waals surface area contributed by atoms with Crippen LogP contribution in [0, 0.1) is 0 Å². The van der Waals surface area contributed by atoms with Crippen LogP contribution in [-0.2, 0) is 6.54 Å². The number of carbonyl (C=O) groups is 1. The summed E-state index contributed by atoms with van der Waals surface area (Å²) in [7, 11) is 0. The molecule has 0 saturated carbocycles. The maximum absolute atomic E-state index is 13.5. The average Bonchev–Trinajstić information content (AvgIpc) is 3.39. The normalized spacial score (nSPS) is 14.1. The average molecular weight is 509 g/mol. The third-order valence-electron chi connectivity index (χ3n) is 5.72. The van der Waals surface area contributed by atoms with Crippen LogP contribution in [0.25, 0.3) is 22.5 Å². The first-order chi connectivity index (χ1) is 17.1. The van der Waals surface area contributed by atoms with Gasteiger partial charge in [-0.3, -0.25) is 10.2 Å². The lowest BCUT2D eigenvalue weighted by Crippen LogP contribution is -2.45. The third-order valence-corrected chi connectivity index (χ3v) is 6.22. The van der Waals surface area contributed by atoms with E-state index in [0.717, 1.165) is 43.5 Å². The molecule has 0 radical (unpaired) electrons. The van der Waals surface area contributed by atoms with Gasteiger partial charge in [-0.05, 0) is 42.3 Å². The molecule has 9 nitrogen and oxygen atoms in total. The van der Waals surface area contributed by atoms with E-state index < -0.39 is 0 Å². The molecular weight excluding hydrogens is 487 g/mol. The Hall–Kier alpha value is -3.40. The highest BCUT2D eigenvalue weighted by Gasteiger charge is 2.24. The van der Waals surface area contributed by atoms with Gasteiger partial charge in [-0.15, -0.1) is 10.2 Å². The van der Waals surface area contributed by atoms with Crippen LogP contribution in [0.2, 0.25) is 10.0 Å². The van der Waals surface area contributed by atoms with E-state index in [0.29, 0.717) is 27.1 Å². The minimum absolute atomic E-state index is 0.221. The number of hydrogen-bond acceptors (Lipinski definition) is 7. The summed E-state index contributed by atoms with van der Waals surface area (Å²) in [6.45, 7) is 1.82. The molecule has 11 heteroatoms. The lowest BCUT2D eigenvalue weighted by atomic mass is 10.1. The van der Waals surface area contributed by atoms with Crippen LogP contribution in [0.4, 0.5) is 0 Å². The van der Waals surface area contributed by atoms with E-state index >= 15 is 0 Å². The first-order valence-corrected chi connectivity index (χ1v) is 12.0. The summed E-state index contributed by atoms with van der Waals surface area (Å²) >= 11 is 12.2. The number of nitrogens with zero attached hydrogens (tertiary/aromatic N) is 7. The molecule has 4 aromatic rings. The molecule has 35 heavy (non-hydrogen) atoms. The van der Waals surface area contributed by atoms with E-state index in [2.05, 4.69) is 20.8 Å². The van der Waals surface area contributed by atoms with Gasteiger partial charge in [-0.1, -0.05) is 53.9 Å². The Morgan fingerprint density at radius 1 is 0.857 bits per heavy atom. The lowest BCUT2D eigenvalue weighted by molar-refractivity contribution is 0.0745. The quantitative estimate of drug-likeness (QED) is 0.414. The van der Waals surface area contributed by atoms with Crippen molar-refractivity contribution in [2.75, 3.05) is 13.1 Å². The second-order valence-electron chi connectivity index (χ2n) is 8.18. The molecule has 2 aromatic heterocycles. The van der Waals surface area contributed by atoms with Crippen molar-refractivity contribution in [3.63, 3.8) is 0 Å². The Morgan fingerprint density at radius 3 is 2.09 bits per heavy atom. The molecule has 178 valence electrons. The smallest absolute Gasteiger partial charge is 0.283 e. The van der Waals surface area contributed by atoms with Crippen LogP contribution in [-0.4, -0.2) is 54.2 Å². The predicted octanol–water partition coefficient (Wildman–Crippen LogP) is 4.28. The molecule has 1 fully saturated rings. The number of carbonyl (C=O) groups excluding carboxylic acids is 1. The molecule has 1 N–H and O–H groups in total. The van der Waals surface area contributed by atoms with Gasteiger partial charge in [-0.2, -0.15) is 4.80 Å². The van der Waals surface area contributed by atoms with Crippen molar-refractivity contribution in [2.45, 2.75) is 25.8 Å². The maximum Gasteiger partial charge on any atom is 0.286 e. The van der Waals surface area contributed by atoms with Crippen molar-refractivity contribution in [3.05, 3.63) is 76.3 Å². The number of amides is 1. The van der Waals surface area contributed by atoms with Crippen molar-refractivity contribution in [2.24, 2.45) is 0 Å². The van der Waals surface area contributed by atoms with Gasteiger partial charge in [0.15, 0.2) is 12.0 Å². The first kappa shape index (κ1) is 23.3. The zero-order valence-corrected chi connectivity index (χ0v) is 20.2. The molecule has 0 spiro atoms. The fraction of sp³-hybridized carbons (Fsp3) is 0.250. The Kier molecular flexibility index (Phi) is 6.98. The summed E-state index contributed by atoms with van der Waals surface area (Å²) in [6.07, 6.45) is 4.59. The van der Waals surface area contributed by atoms with E-state index in [9.17, 15) is 4.79 Å². The number of piperidine rings is 1. The number of hydrogen-bond donors (Lipinski definition) is 1. The second kappa shape index (κ2) is 10.5. The predicted molar refractivity (Wildman–Crippen MR) is 133 cm³/mol. The molecule has 2 aromatic carbocycles. The van der Waals surface area contributed by atoms with Gasteiger partial charge in [0.05, 0.1) is 11.4 Å². The van der Waals surface area contributed by atoms with Crippen LogP contribution in [0.5, 0.6) is 0 Å². The molecular formula is C24H22Cl2N8O. The van der Waals surface area contributed by atoms with E-state index in [4.69, 9.17) is 33.2 Å². The third kappa shape index (κ3) is 5.48. The Balaban J connectivity index is 1.64. The summed E-state index contributed by atoms with van der Waals surface area (Å²) in [6, 6.07) is 14.4. The monoisotopic (exact) mass is 508 g/mol. The van der Waals surface area contributed by atoms with Gasteiger partial charge in [0.25, 0.3) is 5.91 Å². The van der Waals surface area contributed by atoms with Crippen molar-refractivity contribution in [3.8, 4) is 22.5 Å². The number of nitrogens with one attached hydrogen (secondary N) is 1. The fourth-order valence-electron chi connectivity index (χ4n) is 3.98. The molecule has 1 aliphatic rings. The first-order valence-electron chi connectivity index (χ1n) is 11.3. The highest BCUT2D eigenvalue weighted by molar-refractivity contribution is 6.31. The van der Waals surface area contributed by atoms with Crippen molar-refractivity contribution < 1.29 is 4.79 Å². The number of halogens is 2. The topological polar surface area (TPSA) is 102 Å². The van der Waals surface area contributed by atoms with Gasteiger partial charge < -0.3 is 0 Å². The zero-order chi connectivity index (χ0) is 24.2. The molecule has 0 atom stereocenters. The van der Waals surface area contributed by atoms with Crippen LogP contribution in [0.1, 0.15) is 35.4 Å². The van der Waals surface area contributed by atoms with Crippen molar-refractivity contribution >= 4 is 29.1 Å². The number of rotatable bonds is 6. The molecule has 5 rings (SSSR count). The van der Waals surface area contributed by atoms with Gasteiger partial charge in [0.1, 0.15) is 12.2 Å². The largest absolute Gasteiger partial charge is 0.286 e. The van der Waals surface area contributed by atoms with Gasteiger partial charge >= 0.3 is 0 Å². The number of hydrazine groups is 1. The van der Waals surface area contributed by atoms with Gasteiger partial charge in [-0.25, -0.2) is 15.0 Å². The van der Waals surface area contributed by atoms with Crippen LogP contribution >= 0.6 is 23.2 Å². The SMILES string of the molecule is O=C(NN1CCCCC1)c1nc(-c2ccc(Cl)cc2)c(Cn2ncnn2)nc1-c1ccc(Cl)cc1. The molecule has 0 unspecified atom stereocenters. The summed E-state index contributed by atoms with van der Waals surface area (Å²) in [5, 5.41) is 15.0. The number of tetrazole rings is 1. The Labute approximate surface area is 212 Å². The second-order valence-corrected chi connectivity index (χ2v) is 9.06. The molecule has 0 aliphatic carbocycles. The van der Waals surface area contributed by atoms with E-state index in [1.54, 1.807) is 24.3 Å². The standard InChI is InChI=1S/C24H22Cl2N8O/c25-18-8-4-16(5-9-18)21-20(14-34-28-15-27-32-34)29-22(17-6-10-19(26)11-7-17)23(30-21)24(35)31-33-12-2-1-3-13-33/h4-11,15H,1-3,12-14H2,(H,31,35). The molecule has 1 saturated heterocycles. The van der Waals surface area contributed by atoms with Gasteiger partial charge in [0.2, 0.25) is 0 Å².